The van der Waals surface area contributed by atoms with E-state index in [0.717, 1.165) is 17.8 Å². The van der Waals surface area contributed by atoms with Crippen LogP contribution in [0.5, 0.6) is 0 Å². The maximum Gasteiger partial charge on any atom is 0.412 e. The van der Waals surface area contributed by atoms with E-state index in [9.17, 15) is 14.3 Å². The number of amides is 1. The fraction of sp³-hybridized carbons (Fsp3) is 0.200. The highest BCUT2D eigenvalue weighted by Crippen LogP contribution is 2.18. The summed E-state index contributed by atoms with van der Waals surface area (Å²) < 4.78 is 18.5. The summed E-state index contributed by atoms with van der Waals surface area (Å²) in [7, 11) is 0. The molecule has 116 valence electrons. The Labute approximate surface area is 126 Å². The van der Waals surface area contributed by atoms with Gasteiger partial charge in [-0.2, -0.15) is 0 Å². The highest BCUT2D eigenvalue weighted by atomic mass is 19.1. The molecule has 1 aromatic carbocycles. The number of rotatable bonds is 5. The maximum absolute atomic E-state index is 13.6. The van der Waals surface area contributed by atoms with Crippen LogP contribution in [0, 0.1) is 5.82 Å². The number of carbonyl (C=O) groups excluding carboxylic acids is 1. The first kappa shape index (κ1) is 15.9. The molecule has 1 heterocycles. The fourth-order valence-electron chi connectivity index (χ4n) is 1.70. The predicted molar refractivity (Wildman–Crippen MR) is 76.5 cm³/mol. The van der Waals surface area contributed by atoms with Gasteiger partial charge in [0.15, 0.2) is 5.82 Å². The Morgan fingerprint density at radius 1 is 1.36 bits per heavy atom. The molecule has 0 aliphatic heterocycles. The van der Waals surface area contributed by atoms with Gasteiger partial charge in [0.2, 0.25) is 0 Å². The second-order valence-electron chi connectivity index (χ2n) is 4.47. The van der Waals surface area contributed by atoms with Crippen LogP contribution in [0.25, 0.3) is 0 Å². The van der Waals surface area contributed by atoms with E-state index in [1.807, 2.05) is 18.2 Å². The van der Waals surface area contributed by atoms with Crippen molar-refractivity contribution in [2.24, 2.45) is 0 Å². The zero-order chi connectivity index (χ0) is 15.9. The third kappa shape index (κ3) is 4.24. The van der Waals surface area contributed by atoms with Gasteiger partial charge in [-0.25, -0.2) is 9.18 Å². The van der Waals surface area contributed by atoms with Gasteiger partial charge < -0.3 is 14.9 Å². The second kappa shape index (κ2) is 7.48. The molecule has 1 atom stereocenters. The van der Waals surface area contributed by atoms with Crippen molar-refractivity contribution in [2.75, 3.05) is 11.9 Å². The van der Waals surface area contributed by atoms with Gasteiger partial charge >= 0.3 is 6.09 Å². The van der Waals surface area contributed by atoms with E-state index >= 15 is 0 Å². The van der Waals surface area contributed by atoms with Gasteiger partial charge in [0.1, 0.15) is 12.7 Å². The van der Waals surface area contributed by atoms with Gasteiger partial charge in [0.25, 0.3) is 0 Å². The summed E-state index contributed by atoms with van der Waals surface area (Å²) in [5.41, 5.74) is 0.655. The Bertz CT molecular complexity index is 637. The van der Waals surface area contributed by atoms with Crippen molar-refractivity contribution in [2.45, 2.75) is 12.7 Å². The molecular formula is C15H15FN2O4. The second-order valence-corrected chi connectivity index (χ2v) is 4.47. The number of nitrogens with zero attached hydrogens (tertiary/aromatic N) is 1. The smallest absolute Gasteiger partial charge is 0.412 e. The lowest BCUT2D eigenvalue weighted by atomic mass is 10.2. The van der Waals surface area contributed by atoms with E-state index in [4.69, 9.17) is 9.84 Å². The first-order chi connectivity index (χ1) is 10.6. The van der Waals surface area contributed by atoms with Crippen molar-refractivity contribution in [3.8, 4) is 0 Å². The Morgan fingerprint density at radius 3 is 2.77 bits per heavy atom. The van der Waals surface area contributed by atoms with Crippen molar-refractivity contribution >= 4 is 11.8 Å². The number of benzene rings is 1. The van der Waals surface area contributed by atoms with Gasteiger partial charge in [-0.3, -0.25) is 10.3 Å². The maximum atomic E-state index is 13.6. The summed E-state index contributed by atoms with van der Waals surface area (Å²) in [5.74, 6) is -0.773. The molecule has 2 aromatic rings. The van der Waals surface area contributed by atoms with E-state index in [1.54, 1.807) is 12.1 Å². The highest BCUT2D eigenvalue weighted by Gasteiger charge is 2.14. The molecule has 7 heteroatoms. The molecule has 0 aliphatic rings. The Balaban J connectivity index is 1.99. The average molecular weight is 306 g/mol. The molecule has 0 bridgehead atoms. The van der Waals surface area contributed by atoms with Gasteiger partial charge in [0, 0.05) is 0 Å². The Kier molecular flexibility index (Phi) is 5.40. The highest BCUT2D eigenvalue weighted by molar-refractivity contribution is 5.84. The molecule has 0 saturated heterocycles. The summed E-state index contributed by atoms with van der Waals surface area (Å²) in [4.78, 5) is 15.3. The van der Waals surface area contributed by atoms with Crippen molar-refractivity contribution in [1.82, 2.24) is 4.98 Å². The van der Waals surface area contributed by atoms with Gasteiger partial charge in [-0.15, -0.1) is 0 Å². The van der Waals surface area contributed by atoms with Crippen LogP contribution in [0.2, 0.25) is 0 Å². The lowest BCUT2D eigenvalue weighted by Gasteiger charge is -2.11. The van der Waals surface area contributed by atoms with Crippen LogP contribution in [0.15, 0.2) is 42.6 Å². The zero-order valence-corrected chi connectivity index (χ0v) is 11.6. The number of halogens is 1. The lowest BCUT2D eigenvalue weighted by molar-refractivity contribution is 0.0922. The SMILES string of the molecule is O=C(Nc1cc(C(O)CO)ncc1F)OCc1ccccc1. The normalized spacial score (nSPS) is 11.8. The van der Waals surface area contributed by atoms with Crippen molar-refractivity contribution in [3.63, 3.8) is 0 Å². The number of hydrogen-bond donors (Lipinski definition) is 3. The van der Waals surface area contributed by atoms with Crippen LogP contribution >= 0.6 is 0 Å². The van der Waals surface area contributed by atoms with Crippen LogP contribution < -0.4 is 5.32 Å². The first-order valence-corrected chi connectivity index (χ1v) is 6.52. The third-order valence-corrected chi connectivity index (χ3v) is 2.84. The number of aromatic nitrogens is 1. The molecule has 0 spiro atoms. The summed E-state index contributed by atoms with van der Waals surface area (Å²) in [6.45, 7) is -0.512. The average Bonchev–Trinajstić information content (AvgIpc) is 2.55. The molecule has 2 rings (SSSR count). The Morgan fingerprint density at radius 2 is 2.09 bits per heavy atom. The number of nitrogens with one attached hydrogen (secondary N) is 1. The molecule has 0 radical (unpaired) electrons. The number of aliphatic hydroxyl groups is 2. The fourth-order valence-corrected chi connectivity index (χ4v) is 1.70. The molecule has 1 aromatic heterocycles. The van der Waals surface area contributed by atoms with E-state index < -0.39 is 24.6 Å². The van der Waals surface area contributed by atoms with Gasteiger partial charge in [-0.1, -0.05) is 30.3 Å². The minimum absolute atomic E-state index is 0.0438. The number of hydrogen-bond acceptors (Lipinski definition) is 5. The monoisotopic (exact) mass is 306 g/mol. The quantitative estimate of drug-likeness (QED) is 0.786. The Hall–Kier alpha value is -2.51. The lowest BCUT2D eigenvalue weighted by Crippen LogP contribution is -2.15. The zero-order valence-electron chi connectivity index (χ0n) is 11.6. The topological polar surface area (TPSA) is 91.7 Å². The van der Waals surface area contributed by atoms with E-state index in [1.165, 1.54) is 0 Å². The summed E-state index contributed by atoms with van der Waals surface area (Å²) in [6.07, 6.45) is -1.24. The van der Waals surface area contributed by atoms with Crippen LogP contribution in [0.4, 0.5) is 14.9 Å². The number of carbonyl (C=O) groups is 1. The molecular weight excluding hydrogens is 291 g/mol. The molecule has 6 nitrogen and oxygen atoms in total. The minimum atomic E-state index is -1.25. The van der Waals surface area contributed by atoms with Crippen LogP contribution in [0.3, 0.4) is 0 Å². The van der Waals surface area contributed by atoms with Gasteiger partial charge in [-0.05, 0) is 11.6 Å². The molecule has 22 heavy (non-hydrogen) atoms. The molecule has 0 saturated carbocycles. The number of aliphatic hydroxyl groups excluding tert-OH is 2. The standard InChI is InChI=1S/C15H15FN2O4/c16-11-7-17-13(14(20)8-19)6-12(11)18-15(21)22-9-10-4-2-1-3-5-10/h1-7,14,19-20H,8-9H2,(H,17,18,21). The predicted octanol–water partition coefficient (Wildman–Crippen LogP) is 2.00. The van der Waals surface area contributed by atoms with Crippen molar-refractivity contribution in [3.05, 3.63) is 59.7 Å². The summed E-state index contributed by atoms with van der Waals surface area (Å²) >= 11 is 0. The largest absolute Gasteiger partial charge is 0.444 e. The molecule has 0 fully saturated rings. The summed E-state index contributed by atoms with van der Waals surface area (Å²) in [5, 5.41) is 20.5. The first-order valence-electron chi connectivity index (χ1n) is 6.52. The molecule has 1 amide bonds. The molecule has 1 unspecified atom stereocenters. The van der Waals surface area contributed by atoms with E-state index in [0.29, 0.717) is 0 Å². The summed E-state index contributed by atoms with van der Waals surface area (Å²) in [6, 6.07) is 10.2. The minimum Gasteiger partial charge on any atom is -0.444 e. The van der Waals surface area contributed by atoms with Crippen molar-refractivity contribution in [1.29, 1.82) is 0 Å². The molecule has 0 aliphatic carbocycles. The van der Waals surface area contributed by atoms with E-state index in [-0.39, 0.29) is 18.0 Å². The number of ether oxygens (including phenoxy) is 1. The number of pyridine rings is 1. The van der Waals surface area contributed by atoms with Crippen LogP contribution in [0.1, 0.15) is 17.4 Å². The van der Waals surface area contributed by atoms with E-state index in [2.05, 4.69) is 10.3 Å². The van der Waals surface area contributed by atoms with Gasteiger partial charge in [0.05, 0.1) is 24.2 Å². The van der Waals surface area contributed by atoms with Crippen LogP contribution in [-0.2, 0) is 11.3 Å². The number of anilines is 1. The van der Waals surface area contributed by atoms with Crippen LogP contribution in [-0.4, -0.2) is 27.9 Å². The molecule has 3 N–H and O–H groups in total. The third-order valence-electron chi connectivity index (χ3n) is 2.84. The van der Waals surface area contributed by atoms with Crippen molar-refractivity contribution < 1.29 is 24.1 Å².